The van der Waals surface area contributed by atoms with Crippen molar-refractivity contribution in [1.29, 1.82) is 0 Å². The van der Waals surface area contributed by atoms with Gasteiger partial charge in [0.15, 0.2) is 17.0 Å². The SMILES string of the molecule is O=C(Cn1c(=O)n(Cc2ccc3c(c2)OCO3)c(=O)c2ncccc21)Nc1cccc([N+](=O)[O-])c1. The van der Waals surface area contributed by atoms with Crippen LogP contribution in [0, 0.1) is 10.1 Å². The van der Waals surface area contributed by atoms with Crippen LogP contribution in [-0.2, 0) is 17.9 Å². The van der Waals surface area contributed by atoms with Gasteiger partial charge in [0.25, 0.3) is 11.2 Å². The van der Waals surface area contributed by atoms with Gasteiger partial charge in [-0.15, -0.1) is 0 Å². The molecule has 0 radical (unpaired) electrons. The van der Waals surface area contributed by atoms with E-state index in [1.54, 1.807) is 24.3 Å². The Hall–Kier alpha value is -5.00. The summed E-state index contributed by atoms with van der Waals surface area (Å²) in [7, 11) is 0. The van der Waals surface area contributed by atoms with Crippen LogP contribution in [0.25, 0.3) is 11.0 Å². The summed E-state index contributed by atoms with van der Waals surface area (Å²) in [6, 6.07) is 13.6. The Morgan fingerprint density at radius 2 is 1.89 bits per heavy atom. The molecule has 0 saturated carbocycles. The van der Waals surface area contributed by atoms with Gasteiger partial charge >= 0.3 is 5.69 Å². The van der Waals surface area contributed by atoms with Crippen molar-refractivity contribution < 1.29 is 19.2 Å². The van der Waals surface area contributed by atoms with Gasteiger partial charge in [0.05, 0.1) is 17.0 Å². The second kappa shape index (κ2) is 8.74. The first-order valence-electron chi connectivity index (χ1n) is 10.4. The van der Waals surface area contributed by atoms with Crippen molar-refractivity contribution in [2.45, 2.75) is 13.1 Å². The molecule has 1 N–H and O–H groups in total. The molecule has 2 aromatic heterocycles. The molecule has 5 rings (SSSR count). The molecule has 1 aliphatic rings. The summed E-state index contributed by atoms with van der Waals surface area (Å²) in [5, 5.41) is 13.5. The fourth-order valence-electron chi connectivity index (χ4n) is 3.80. The van der Waals surface area contributed by atoms with Crippen LogP contribution in [0.4, 0.5) is 11.4 Å². The standard InChI is InChI=1S/C23H17N5O7/c29-20(25-15-3-1-4-16(10-15)28(32)33)12-26-17-5-2-8-24-21(17)22(30)27(23(26)31)11-14-6-7-18-19(9-14)35-13-34-18/h1-10H,11-13H2,(H,25,29). The molecule has 1 amide bonds. The van der Waals surface area contributed by atoms with Crippen LogP contribution >= 0.6 is 0 Å². The van der Waals surface area contributed by atoms with E-state index >= 15 is 0 Å². The van der Waals surface area contributed by atoms with Crippen LogP contribution < -0.4 is 26.0 Å². The Labute approximate surface area is 196 Å². The zero-order chi connectivity index (χ0) is 24.5. The lowest BCUT2D eigenvalue weighted by Crippen LogP contribution is -2.42. The second-order valence-electron chi connectivity index (χ2n) is 7.67. The maximum atomic E-state index is 13.3. The molecule has 0 saturated heterocycles. The molecule has 0 bridgehead atoms. The average molecular weight is 475 g/mol. The molecular formula is C23H17N5O7. The van der Waals surface area contributed by atoms with E-state index in [2.05, 4.69) is 10.3 Å². The van der Waals surface area contributed by atoms with Crippen molar-refractivity contribution in [2.24, 2.45) is 0 Å². The summed E-state index contributed by atoms with van der Waals surface area (Å²) in [5.74, 6) is 0.466. The van der Waals surface area contributed by atoms with Gasteiger partial charge in [0.1, 0.15) is 6.54 Å². The summed E-state index contributed by atoms with van der Waals surface area (Å²) in [6.45, 7) is -0.427. The lowest BCUT2D eigenvalue weighted by atomic mass is 10.2. The molecule has 176 valence electrons. The fraction of sp³-hybridized carbons (Fsp3) is 0.130. The molecule has 2 aromatic carbocycles. The van der Waals surface area contributed by atoms with Gasteiger partial charge in [0.2, 0.25) is 12.7 Å². The summed E-state index contributed by atoms with van der Waals surface area (Å²) in [5.41, 5.74) is -0.452. The summed E-state index contributed by atoms with van der Waals surface area (Å²) in [6.07, 6.45) is 1.42. The van der Waals surface area contributed by atoms with Gasteiger partial charge in [0, 0.05) is 24.0 Å². The van der Waals surface area contributed by atoms with Crippen molar-refractivity contribution in [3.8, 4) is 11.5 Å². The first-order chi connectivity index (χ1) is 16.9. The Bertz CT molecular complexity index is 1610. The minimum absolute atomic E-state index is 0.0241. The van der Waals surface area contributed by atoms with Gasteiger partial charge in [-0.2, -0.15) is 0 Å². The van der Waals surface area contributed by atoms with Crippen LogP contribution in [-0.4, -0.2) is 31.7 Å². The number of non-ortho nitro benzene ring substituents is 1. The maximum absolute atomic E-state index is 13.3. The number of nitro groups is 1. The highest BCUT2D eigenvalue weighted by Gasteiger charge is 2.19. The average Bonchev–Trinajstić information content (AvgIpc) is 3.32. The number of aromatic nitrogens is 3. The number of pyridine rings is 1. The predicted octanol–water partition coefficient (Wildman–Crippen LogP) is 1.88. The highest BCUT2D eigenvalue weighted by molar-refractivity contribution is 5.91. The predicted molar refractivity (Wildman–Crippen MR) is 124 cm³/mol. The number of fused-ring (bicyclic) bond motifs is 2. The number of rotatable bonds is 6. The largest absolute Gasteiger partial charge is 0.454 e. The molecule has 0 aliphatic carbocycles. The maximum Gasteiger partial charge on any atom is 0.332 e. The highest BCUT2D eigenvalue weighted by Crippen LogP contribution is 2.32. The monoisotopic (exact) mass is 475 g/mol. The minimum Gasteiger partial charge on any atom is -0.454 e. The Balaban J connectivity index is 1.51. The first-order valence-corrected chi connectivity index (χ1v) is 10.4. The van der Waals surface area contributed by atoms with Crippen LogP contribution in [0.2, 0.25) is 0 Å². The number of hydrogen-bond donors (Lipinski definition) is 1. The zero-order valence-electron chi connectivity index (χ0n) is 18.0. The van der Waals surface area contributed by atoms with E-state index in [1.807, 2.05) is 0 Å². The third kappa shape index (κ3) is 4.19. The van der Waals surface area contributed by atoms with Crippen LogP contribution in [0.5, 0.6) is 11.5 Å². The normalized spacial score (nSPS) is 12.0. The third-order valence-corrected chi connectivity index (χ3v) is 5.41. The van der Waals surface area contributed by atoms with Gasteiger partial charge in [-0.1, -0.05) is 12.1 Å². The number of nitrogens with one attached hydrogen (secondary N) is 1. The Morgan fingerprint density at radius 1 is 1.06 bits per heavy atom. The van der Waals surface area contributed by atoms with Crippen molar-refractivity contribution in [3.63, 3.8) is 0 Å². The lowest BCUT2D eigenvalue weighted by molar-refractivity contribution is -0.384. The molecule has 4 aromatic rings. The van der Waals surface area contributed by atoms with Gasteiger partial charge in [-0.05, 0) is 35.9 Å². The Morgan fingerprint density at radius 3 is 2.71 bits per heavy atom. The molecule has 1 aliphatic heterocycles. The van der Waals surface area contributed by atoms with Gasteiger partial charge < -0.3 is 14.8 Å². The molecule has 0 atom stereocenters. The van der Waals surface area contributed by atoms with Crippen molar-refractivity contribution in [3.05, 3.63) is 97.3 Å². The third-order valence-electron chi connectivity index (χ3n) is 5.41. The number of nitro benzene ring substituents is 1. The minimum atomic E-state index is -0.706. The molecule has 12 nitrogen and oxygen atoms in total. The molecule has 3 heterocycles. The van der Waals surface area contributed by atoms with E-state index in [4.69, 9.17) is 9.47 Å². The van der Waals surface area contributed by atoms with Crippen molar-refractivity contribution in [1.82, 2.24) is 14.1 Å². The Kier molecular flexibility index (Phi) is 5.45. The van der Waals surface area contributed by atoms with Crippen LogP contribution in [0.1, 0.15) is 5.56 Å². The number of anilines is 1. The molecule has 0 unspecified atom stereocenters. The van der Waals surface area contributed by atoms with E-state index in [0.717, 1.165) is 9.13 Å². The number of amides is 1. The summed E-state index contributed by atoms with van der Waals surface area (Å²) >= 11 is 0. The van der Waals surface area contributed by atoms with E-state index in [0.29, 0.717) is 17.1 Å². The smallest absolute Gasteiger partial charge is 0.332 e. The van der Waals surface area contributed by atoms with Crippen molar-refractivity contribution >= 4 is 28.3 Å². The van der Waals surface area contributed by atoms with E-state index < -0.39 is 28.6 Å². The number of nitrogens with zero attached hydrogens (tertiary/aromatic N) is 4. The number of hydrogen-bond acceptors (Lipinski definition) is 8. The fourth-order valence-corrected chi connectivity index (χ4v) is 3.80. The zero-order valence-corrected chi connectivity index (χ0v) is 18.0. The van der Waals surface area contributed by atoms with E-state index in [1.165, 1.54) is 36.5 Å². The second-order valence-corrected chi connectivity index (χ2v) is 7.67. The summed E-state index contributed by atoms with van der Waals surface area (Å²) in [4.78, 5) is 53.7. The highest BCUT2D eigenvalue weighted by atomic mass is 16.7. The molecule has 0 spiro atoms. The molecule has 12 heteroatoms. The van der Waals surface area contributed by atoms with Crippen LogP contribution in [0.3, 0.4) is 0 Å². The lowest BCUT2D eigenvalue weighted by Gasteiger charge is -2.14. The molecule has 0 fully saturated rings. The first kappa shape index (κ1) is 21.8. The number of benzene rings is 2. The molecular weight excluding hydrogens is 458 g/mol. The topological polar surface area (TPSA) is 148 Å². The van der Waals surface area contributed by atoms with Gasteiger partial charge in [-0.25, -0.2) is 9.78 Å². The van der Waals surface area contributed by atoms with Crippen LogP contribution in [0.15, 0.2) is 70.4 Å². The number of carbonyl (C=O) groups excluding carboxylic acids is 1. The quantitative estimate of drug-likeness (QED) is 0.328. The molecule has 35 heavy (non-hydrogen) atoms. The number of ether oxygens (including phenoxy) is 2. The van der Waals surface area contributed by atoms with Crippen molar-refractivity contribution in [2.75, 3.05) is 12.1 Å². The van der Waals surface area contributed by atoms with Gasteiger partial charge in [-0.3, -0.25) is 28.8 Å². The van der Waals surface area contributed by atoms with E-state index in [-0.39, 0.29) is 35.7 Å². The number of carbonyl (C=O) groups is 1. The summed E-state index contributed by atoms with van der Waals surface area (Å²) < 4.78 is 12.8. The van der Waals surface area contributed by atoms with E-state index in [9.17, 15) is 24.5 Å².